The number of carbonyl (C=O) groups is 2. The molecule has 0 aliphatic carbocycles. The Morgan fingerprint density at radius 3 is 1.74 bits per heavy atom. The van der Waals surface area contributed by atoms with Crippen molar-refractivity contribution < 1.29 is 14.3 Å². The fourth-order valence-corrected chi connectivity index (χ4v) is 2.88. The molecule has 0 bridgehead atoms. The first kappa shape index (κ1) is 15.6. The van der Waals surface area contributed by atoms with Crippen molar-refractivity contribution in [2.75, 3.05) is 16.9 Å². The molecule has 2 aromatic rings. The summed E-state index contributed by atoms with van der Waals surface area (Å²) >= 11 is 8.67. The van der Waals surface area contributed by atoms with Gasteiger partial charge in [-0.05, 0) is 60.7 Å². The molecule has 1 aliphatic rings. The second kappa shape index (κ2) is 6.10. The van der Waals surface area contributed by atoms with E-state index in [-0.39, 0.29) is 5.11 Å². The van der Waals surface area contributed by atoms with Crippen LogP contribution in [-0.4, -0.2) is 24.0 Å². The molecule has 116 valence electrons. The third kappa shape index (κ3) is 2.73. The fraction of sp³-hybridized carbons (Fsp3) is 0.0625. The van der Waals surface area contributed by atoms with E-state index in [4.69, 9.17) is 17.0 Å². The Morgan fingerprint density at radius 2 is 1.30 bits per heavy atom. The summed E-state index contributed by atoms with van der Waals surface area (Å²) in [5.41, 5.74) is 1.07. The molecule has 0 atom stereocenters. The number of ether oxygens (including phenoxy) is 1. The molecule has 23 heavy (non-hydrogen) atoms. The van der Waals surface area contributed by atoms with Gasteiger partial charge in [-0.3, -0.25) is 9.59 Å². The molecule has 2 aromatic carbocycles. The molecule has 0 spiro atoms. The van der Waals surface area contributed by atoms with Crippen LogP contribution in [0.3, 0.4) is 0 Å². The van der Waals surface area contributed by atoms with E-state index in [1.54, 1.807) is 55.6 Å². The Bertz CT molecular complexity index is 790. The molecule has 0 unspecified atom stereocenters. The lowest BCUT2D eigenvalue weighted by Gasteiger charge is -2.19. The van der Waals surface area contributed by atoms with Crippen LogP contribution in [0.2, 0.25) is 0 Å². The first-order valence-electron chi connectivity index (χ1n) is 6.65. The number of methoxy groups -OCH3 is 1. The van der Waals surface area contributed by atoms with Gasteiger partial charge in [-0.15, -0.1) is 0 Å². The summed E-state index contributed by atoms with van der Waals surface area (Å²) in [7, 11) is 1.56. The first-order valence-corrected chi connectivity index (χ1v) is 7.85. The number of rotatable bonds is 3. The maximum Gasteiger partial charge on any atom is 0.323 e. The van der Waals surface area contributed by atoms with E-state index in [9.17, 15) is 9.59 Å². The van der Waals surface area contributed by atoms with Gasteiger partial charge in [-0.25, -0.2) is 9.80 Å². The molecule has 7 heteroatoms. The Balaban J connectivity index is 1.97. The van der Waals surface area contributed by atoms with Gasteiger partial charge in [-0.2, -0.15) is 0 Å². The van der Waals surface area contributed by atoms with Gasteiger partial charge in [-0.1, -0.05) is 15.9 Å². The number of thiocarbonyl (C=S) groups is 1. The molecule has 1 saturated heterocycles. The van der Waals surface area contributed by atoms with Gasteiger partial charge in [0.05, 0.1) is 18.5 Å². The number of halogens is 1. The summed E-state index contributed by atoms with van der Waals surface area (Å²) < 4.78 is 5.96. The van der Waals surface area contributed by atoms with E-state index in [0.29, 0.717) is 17.1 Å². The van der Waals surface area contributed by atoms with Crippen LogP contribution >= 0.6 is 28.1 Å². The smallest absolute Gasteiger partial charge is 0.323 e. The van der Waals surface area contributed by atoms with Gasteiger partial charge in [0.15, 0.2) is 5.11 Å². The van der Waals surface area contributed by atoms with Crippen LogP contribution in [0.5, 0.6) is 5.75 Å². The van der Waals surface area contributed by atoms with Crippen LogP contribution in [0.15, 0.2) is 53.0 Å². The van der Waals surface area contributed by atoms with E-state index < -0.39 is 11.8 Å². The molecule has 1 heterocycles. The van der Waals surface area contributed by atoms with Crippen molar-refractivity contribution in [1.29, 1.82) is 0 Å². The average Bonchev–Trinajstić information content (AvgIpc) is 2.78. The van der Waals surface area contributed by atoms with E-state index >= 15 is 0 Å². The summed E-state index contributed by atoms with van der Waals surface area (Å²) in [5.74, 6) is -0.696. The van der Waals surface area contributed by atoms with Crippen molar-refractivity contribution in [1.82, 2.24) is 0 Å². The number of hydrogen-bond acceptors (Lipinski definition) is 4. The van der Waals surface area contributed by atoms with Gasteiger partial charge in [0.25, 0.3) is 0 Å². The topological polar surface area (TPSA) is 49.9 Å². The Hall–Kier alpha value is -2.25. The van der Waals surface area contributed by atoms with Crippen LogP contribution in [0.4, 0.5) is 11.4 Å². The number of benzene rings is 2. The largest absolute Gasteiger partial charge is 0.497 e. The Morgan fingerprint density at radius 1 is 0.870 bits per heavy atom. The second-order valence-electron chi connectivity index (χ2n) is 4.74. The minimum Gasteiger partial charge on any atom is -0.497 e. The molecule has 0 saturated carbocycles. The maximum atomic E-state index is 12.3. The van der Waals surface area contributed by atoms with Gasteiger partial charge in [0, 0.05) is 4.47 Å². The number of anilines is 2. The predicted octanol–water partition coefficient (Wildman–Crippen LogP) is 3.12. The van der Waals surface area contributed by atoms with Crippen LogP contribution in [-0.2, 0) is 9.59 Å². The first-order chi connectivity index (χ1) is 11.0. The maximum absolute atomic E-state index is 12.3. The SMILES string of the molecule is COc1ccc(N2C(=O)C(=O)N(c3ccc(Br)cc3)C2=S)cc1. The highest BCUT2D eigenvalue weighted by Crippen LogP contribution is 2.29. The zero-order valence-corrected chi connectivity index (χ0v) is 14.4. The third-order valence-corrected chi connectivity index (χ3v) is 4.28. The molecule has 2 amide bonds. The van der Waals surface area contributed by atoms with Crippen molar-refractivity contribution in [3.05, 3.63) is 53.0 Å². The van der Waals surface area contributed by atoms with Crippen LogP contribution in [0.1, 0.15) is 0 Å². The molecule has 0 radical (unpaired) electrons. The van der Waals surface area contributed by atoms with E-state index in [2.05, 4.69) is 15.9 Å². The Kier molecular flexibility index (Phi) is 4.14. The molecule has 0 N–H and O–H groups in total. The third-order valence-electron chi connectivity index (χ3n) is 3.39. The van der Waals surface area contributed by atoms with E-state index in [1.165, 1.54) is 9.80 Å². The van der Waals surface area contributed by atoms with E-state index in [1.807, 2.05) is 0 Å². The van der Waals surface area contributed by atoms with Gasteiger partial charge < -0.3 is 4.74 Å². The minimum atomic E-state index is -0.678. The second-order valence-corrected chi connectivity index (χ2v) is 6.02. The molecule has 3 rings (SSSR count). The quantitative estimate of drug-likeness (QED) is 0.596. The molecule has 1 aliphatic heterocycles. The predicted molar refractivity (Wildman–Crippen MR) is 94.7 cm³/mol. The lowest BCUT2D eigenvalue weighted by atomic mass is 10.3. The zero-order chi connectivity index (χ0) is 16.6. The van der Waals surface area contributed by atoms with Crippen molar-refractivity contribution in [3.63, 3.8) is 0 Å². The lowest BCUT2D eigenvalue weighted by Crippen LogP contribution is -2.33. The average molecular weight is 391 g/mol. The van der Waals surface area contributed by atoms with Crippen LogP contribution in [0, 0.1) is 0 Å². The van der Waals surface area contributed by atoms with Crippen molar-refractivity contribution >= 4 is 56.4 Å². The lowest BCUT2D eigenvalue weighted by molar-refractivity contribution is -0.133. The number of hydrogen-bond donors (Lipinski definition) is 0. The van der Waals surface area contributed by atoms with Crippen molar-refractivity contribution in [2.45, 2.75) is 0 Å². The van der Waals surface area contributed by atoms with Crippen LogP contribution in [0.25, 0.3) is 0 Å². The van der Waals surface area contributed by atoms with E-state index in [0.717, 1.165) is 4.47 Å². The molecular weight excluding hydrogens is 380 g/mol. The number of nitrogens with zero attached hydrogens (tertiary/aromatic N) is 2. The monoisotopic (exact) mass is 390 g/mol. The summed E-state index contributed by atoms with van der Waals surface area (Å²) in [6.07, 6.45) is 0. The molecule has 5 nitrogen and oxygen atoms in total. The molecular formula is C16H11BrN2O3S. The number of amides is 2. The minimum absolute atomic E-state index is 0.132. The summed E-state index contributed by atoms with van der Waals surface area (Å²) in [6, 6.07) is 13.8. The Labute approximate surface area is 146 Å². The standard InChI is InChI=1S/C16H11BrN2O3S/c1-22-13-8-6-12(7-9-13)19-15(21)14(20)18(16(19)23)11-4-2-10(17)3-5-11/h2-9H,1H3. The number of carbonyl (C=O) groups excluding carboxylic acids is 2. The van der Waals surface area contributed by atoms with Crippen molar-refractivity contribution in [3.8, 4) is 5.75 Å². The van der Waals surface area contributed by atoms with Crippen molar-refractivity contribution in [2.24, 2.45) is 0 Å². The zero-order valence-electron chi connectivity index (χ0n) is 12.0. The summed E-state index contributed by atoms with van der Waals surface area (Å²) in [4.78, 5) is 27.1. The highest BCUT2D eigenvalue weighted by molar-refractivity contribution is 9.10. The highest BCUT2D eigenvalue weighted by Gasteiger charge is 2.43. The molecule has 1 fully saturated rings. The normalized spacial score (nSPS) is 14.6. The highest BCUT2D eigenvalue weighted by atomic mass is 79.9. The van der Waals surface area contributed by atoms with Crippen LogP contribution < -0.4 is 14.5 Å². The fourth-order valence-electron chi connectivity index (χ4n) is 2.24. The van der Waals surface area contributed by atoms with Gasteiger partial charge >= 0.3 is 11.8 Å². The summed E-state index contributed by atoms with van der Waals surface area (Å²) in [5, 5.41) is 0.132. The van der Waals surface area contributed by atoms with Gasteiger partial charge in [0.1, 0.15) is 5.75 Å². The summed E-state index contributed by atoms with van der Waals surface area (Å²) in [6.45, 7) is 0. The van der Waals surface area contributed by atoms with Gasteiger partial charge in [0.2, 0.25) is 0 Å². The molecule has 0 aromatic heterocycles.